The maximum Gasteiger partial charge on any atom is 0.408 e. The molecule has 2 aromatic heterocycles. The molecule has 22 heavy (non-hydrogen) atoms. The van der Waals surface area contributed by atoms with E-state index >= 15 is 0 Å². The molecule has 118 valence electrons. The number of alkyl halides is 3. The SMILES string of the molecule is O=[N+]([O-])c1cnn(C(c2nnnn2CC(F)(F)F)C2CC2)c1. The highest BCUT2D eigenvalue weighted by atomic mass is 19.4. The molecule has 0 aliphatic heterocycles. The van der Waals surface area contributed by atoms with Crippen molar-refractivity contribution in [3.63, 3.8) is 0 Å². The van der Waals surface area contributed by atoms with Gasteiger partial charge in [-0.1, -0.05) is 0 Å². The third kappa shape index (κ3) is 2.89. The Morgan fingerprint density at radius 3 is 2.73 bits per heavy atom. The van der Waals surface area contributed by atoms with Crippen LogP contribution in [0.5, 0.6) is 0 Å². The largest absolute Gasteiger partial charge is 0.408 e. The minimum atomic E-state index is -4.46. The summed E-state index contributed by atoms with van der Waals surface area (Å²) in [5.74, 6) is 0.00955. The summed E-state index contributed by atoms with van der Waals surface area (Å²) >= 11 is 0. The first-order chi connectivity index (χ1) is 10.3. The molecule has 12 heteroatoms. The summed E-state index contributed by atoms with van der Waals surface area (Å²) in [6.07, 6.45) is -0.689. The molecular weight excluding hydrogens is 307 g/mol. The molecular formula is C10H10F3N7O2. The lowest BCUT2D eigenvalue weighted by Crippen LogP contribution is -2.25. The molecule has 0 bridgehead atoms. The van der Waals surface area contributed by atoms with E-state index in [2.05, 4.69) is 20.6 Å². The fraction of sp³-hybridized carbons (Fsp3) is 0.600. The molecule has 0 N–H and O–H groups in total. The van der Waals surface area contributed by atoms with Crippen molar-refractivity contribution >= 4 is 5.69 Å². The van der Waals surface area contributed by atoms with Crippen LogP contribution in [0.2, 0.25) is 0 Å². The standard InChI is InChI=1S/C10H10F3N7O2/c11-10(12,13)5-19-9(15-16-17-19)8(6-1-2-6)18-4-7(3-14-18)20(21)22/h3-4,6,8H,1-2,5H2. The Morgan fingerprint density at radius 1 is 1.45 bits per heavy atom. The van der Waals surface area contributed by atoms with E-state index in [0.717, 1.165) is 19.0 Å². The minimum absolute atomic E-state index is 0.00202. The number of hydrogen-bond acceptors (Lipinski definition) is 6. The van der Waals surface area contributed by atoms with Crippen molar-refractivity contribution in [1.29, 1.82) is 0 Å². The van der Waals surface area contributed by atoms with Crippen LogP contribution in [0.25, 0.3) is 0 Å². The van der Waals surface area contributed by atoms with Gasteiger partial charge < -0.3 is 0 Å². The van der Waals surface area contributed by atoms with Crippen LogP contribution in [0.15, 0.2) is 12.4 Å². The minimum Gasteiger partial charge on any atom is -0.258 e. The van der Waals surface area contributed by atoms with Gasteiger partial charge in [-0.25, -0.2) is 4.68 Å². The molecule has 1 atom stereocenters. The Kier molecular flexibility index (Phi) is 3.30. The summed E-state index contributed by atoms with van der Waals surface area (Å²) in [7, 11) is 0. The van der Waals surface area contributed by atoms with Crippen LogP contribution in [0, 0.1) is 16.0 Å². The molecule has 9 nitrogen and oxygen atoms in total. The number of aromatic nitrogens is 6. The van der Waals surface area contributed by atoms with Crippen molar-refractivity contribution in [3.8, 4) is 0 Å². The fourth-order valence-corrected chi connectivity index (χ4v) is 2.24. The van der Waals surface area contributed by atoms with E-state index in [9.17, 15) is 23.3 Å². The van der Waals surface area contributed by atoms with E-state index in [-0.39, 0.29) is 17.4 Å². The number of nitrogens with zero attached hydrogens (tertiary/aromatic N) is 7. The Labute approximate surface area is 120 Å². The van der Waals surface area contributed by atoms with Crippen LogP contribution in [-0.2, 0) is 6.54 Å². The fourth-order valence-electron chi connectivity index (χ4n) is 2.24. The predicted molar refractivity (Wildman–Crippen MR) is 63.6 cm³/mol. The number of rotatable bonds is 5. The average Bonchev–Trinajstić information content (AvgIpc) is 2.94. The first-order valence-electron chi connectivity index (χ1n) is 6.36. The van der Waals surface area contributed by atoms with Gasteiger partial charge in [0, 0.05) is 0 Å². The van der Waals surface area contributed by atoms with Gasteiger partial charge in [0.05, 0.1) is 4.92 Å². The topological polar surface area (TPSA) is 105 Å². The van der Waals surface area contributed by atoms with E-state index in [1.165, 1.54) is 10.9 Å². The third-order valence-electron chi connectivity index (χ3n) is 3.31. The van der Waals surface area contributed by atoms with Crippen LogP contribution in [0.3, 0.4) is 0 Å². The number of hydrogen-bond donors (Lipinski definition) is 0. The van der Waals surface area contributed by atoms with Crippen LogP contribution in [0.1, 0.15) is 24.7 Å². The lowest BCUT2D eigenvalue weighted by molar-refractivity contribution is -0.385. The molecule has 1 unspecified atom stereocenters. The van der Waals surface area contributed by atoms with E-state index < -0.39 is 23.7 Å². The lowest BCUT2D eigenvalue weighted by Gasteiger charge is -2.16. The van der Waals surface area contributed by atoms with Crippen molar-refractivity contribution in [2.75, 3.05) is 0 Å². The molecule has 2 heterocycles. The van der Waals surface area contributed by atoms with Gasteiger partial charge in [-0.3, -0.25) is 14.8 Å². The number of tetrazole rings is 1. The van der Waals surface area contributed by atoms with E-state index in [1.807, 2.05) is 0 Å². The summed E-state index contributed by atoms with van der Waals surface area (Å²) in [5, 5.41) is 24.9. The van der Waals surface area contributed by atoms with E-state index in [1.54, 1.807) is 0 Å². The van der Waals surface area contributed by atoms with Gasteiger partial charge in [0.2, 0.25) is 0 Å². The predicted octanol–water partition coefficient (Wildman–Crippen LogP) is 1.34. The molecule has 1 aliphatic rings. The highest BCUT2D eigenvalue weighted by Crippen LogP contribution is 2.43. The van der Waals surface area contributed by atoms with Gasteiger partial charge in [0.1, 0.15) is 25.0 Å². The Bertz CT molecular complexity index is 691. The second-order valence-corrected chi connectivity index (χ2v) is 5.03. The van der Waals surface area contributed by atoms with Gasteiger partial charge in [-0.05, 0) is 29.2 Å². The van der Waals surface area contributed by atoms with E-state index in [4.69, 9.17) is 0 Å². The van der Waals surface area contributed by atoms with Gasteiger partial charge in [0.15, 0.2) is 5.82 Å². The second kappa shape index (κ2) is 5.03. The van der Waals surface area contributed by atoms with Crippen molar-refractivity contribution in [3.05, 3.63) is 28.3 Å². The zero-order chi connectivity index (χ0) is 15.9. The lowest BCUT2D eigenvalue weighted by atomic mass is 10.2. The summed E-state index contributed by atoms with van der Waals surface area (Å²) in [5.41, 5.74) is -0.236. The maximum atomic E-state index is 12.6. The van der Waals surface area contributed by atoms with Gasteiger partial charge in [-0.15, -0.1) is 5.10 Å². The molecule has 0 amide bonds. The number of nitro groups is 1. The normalized spacial score (nSPS) is 16.7. The zero-order valence-electron chi connectivity index (χ0n) is 11.0. The molecule has 1 saturated carbocycles. The summed E-state index contributed by atoms with van der Waals surface area (Å²) in [6.45, 7) is -1.32. The second-order valence-electron chi connectivity index (χ2n) is 5.03. The van der Waals surface area contributed by atoms with Gasteiger partial charge >= 0.3 is 11.9 Å². The molecule has 0 saturated heterocycles. The molecule has 1 fully saturated rings. The maximum absolute atomic E-state index is 12.6. The van der Waals surface area contributed by atoms with Crippen LogP contribution in [0.4, 0.5) is 18.9 Å². The molecule has 0 radical (unpaired) electrons. The molecule has 0 spiro atoms. The third-order valence-corrected chi connectivity index (χ3v) is 3.31. The summed E-state index contributed by atoms with van der Waals surface area (Å²) in [4.78, 5) is 10.1. The molecule has 0 aromatic carbocycles. The van der Waals surface area contributed by atoms with Crippen LogP contribution >= 0.6 is 0 Å². The molecule has 2 aromatic rings. The van der Waals surface area contributed by atoms with E-state index in [0.29, 0.717) is 4.68 Å². The van der Waals surface area contributed by atoms with Crippen molar-refractivity contribution in [2.45, 2.75) is 31.6 Å². The number of halogens is 3. The van der Waals surface area contributed by atoms with Crippen molar-refractivity contribution in [1.82, 2.24) is 30.0 Å². The highest BCUT2D eigenvalue weighted by molar-refractivity contribution is 5.22. The summed E-state index contributed by atoms with van der Waals surface area (Å²) in [6, 6.07) is -0.647. The Balaban J connectivity index is 1.95. The summed E-state index contributed by atoms with van der Waals surface area (Å²) < 4.78 is 39.6. The Morgan fingerprint density at radius 2 is 2.18 bits per heavy atom. The monoisotopic (exact) mass is 317 g/mol. The molecule has 3 rings (SSSR count). The van der Waals surface area contributed by atoms with Crippen LogP contribution in [-0.4, -0.2) is 41.1 Å². The quantitative estimate of drug-likeness (QED) is 0.609. The van der Waals surface area contributed by atoms with Crippen LogP contribution < -0.4 is 0 Å². The average molecular weight is 317 g/mol. The first kappa shape index (κ1) is 14.4. The van der Waals surface area contributed by atoms with Gasteiger partial charge in [0.25, 0.3) is 0 Å². The first-order valence-corrected chi connectivity index (χ1v) is 6.36. The Hall–Kier alpha value is -2.53. The van der Waals surface area contributed by atoms with Crippen molar-refractivity contribution in [2.24, 2.45) is 5.92 Å². The smallest absolute Gasteiger partial charge is 0.258 e. The van der Waals surface area contributed by atoms with Gasteiger partial charge in [-0.2, -0.15) is 18.3 Å². The van der Waals surface area contributed by atoms with Crippen molar-refractivity contribution < 1.29 is 18.1 Å². The molecule has 1 aliphatic carbocycles. The zero-order valence-corrected chi connectivity index (χ0v) is 11.0. The highest BCUT2D eigenvalue weighted by Gasteiger charge is 2.40.